The Balaban J connectivity index is 1.24. The van der Waals surface area contributed by atoms with Crippen LogP contribution in [0, 0.1) is 6.92 Å². The fraction of sp³-hybridized carbons (Fsp3) is 0.0833. The van der Waals surface area contributed by atoms with Crippen molar-refractivity contribution in [1.29, 1.82) is 0 Å². The Bertz CT molecular complexity index is 2050. The molecule has 1 N–H and O–H groups in total. The zero-order chi connectivity index (χ0) is 32.4. The number of imide groups is 2. The van der Waals surface area contributed by atoms with E-state index in [1.54, 1.807) is 54.6 Å². The summed E-state index contributed by atoms with van der Waals surface area (Å²) in [7, 11) is 0. The van der Waals surface area contributed by atoms with Gasteiger partial charge in [-0.3, -0.25) is 14.9 Å². The maximum Gasteiger partial charge on any atom is 0.335 e. The minimum atomic E-state index is -0.856. The smallest absolute Gasteiger partial charge is 0.335 e. The molecule has 0 aromatic heterocycles. The van der Waals surface area contributed by atoms with Crippen molar-refractivity contribution < 1.29 is 23.9 Å². The van der Waals surface area contributed by atoms with Crippen molar-refractivity contribution >= 4 is 79.5 Å². The topological polar surface area (TPSA) is 84.9 Å². The second kappa shape index (κ2) is 13.4. The Morgan fingerprint density at radius 1 is 0.848 bits per heavy atom. The number of aryl methyl sites for hydroxylation is 1. The van der Waals surface area contributed by atoms with Crippen molar-refractivity contribution in [2.75, 3.05) is 4.90 Å². The summed E-state index contributed by atoms with van der Waals surface area (Å²) in [5.41, 5.74) is 3.39. The van der Waals surface area contributed by atoms with Crippen LogP contribution in [0.2, 0.25) is 10.0 Å². The molecule has 0 bridgehead atoms. The highest BCUT2D eigenvalue weighted by molar-refractivity contribution is 9.10. The molecule has 230 valence electrons. The van der Waals surface area contributed by atoms with Crippen molar-refractivity contribution in [3.63, 3.8) is 0 Å². The molecular weight excluding hydrogens is 691 g/mol. The third-order valence-corrected chi connectivity index (χ3v) is 8.60. The number of rotatable bonds is 8. The molecule has 46 heavy (non-hydrogen) atoms. The van der Waals surface area contributed by atoms with E-state index in [9.17, 15) is 14.4 Å². The van der Waals surface area contributed by atoms with Gasteiger partial charge in [-0.2, -0.15) is 0 Å². The number of anilines is 1. The van der Waals surface area contributed by atoms with Gasteiger partial charge in [-0.25, -0.2) is 9.69 Å². The van der Waals surface area contributed by atoms with Crippen LogP contribution in [0.4, 0.5) is 10.5 Å². The van der Waals surface area contributed by atoms with Crippen LogP contribution in [0.3, 0.4) is 0 Å². The van der Waals surface area contributed by atoms with Crippen LogP contribution in [-0.2, 0) is 22.8 Å². The minimum Gasteiger partial charge on any atom is -0.489 e. The molecule has 4 amide bonds. The van der Waals surface area contributed by atoms with E-state index in [4.69, 9.17) is 32.7 Å². The molecule has 0 spiro atoms. The molecule has 10 heteroatoms. The first-order valence-corrected chi connectivity index (χ1v) is 15.7. The predicted molar refractivity (Wildman–Crippen MR) is 183 cm³/mol. The number of barbiturate groups is 1. The summed E-state index contributed by atoms with van der Waals surface area (Å²) in [4.78, 5) is 40.3. The number of carbonyl (C=O) groups is 3. The van der Waals surface area contributed by atoms with Gasteiger partial charge in [-0.1, -0.05) is 81.6 Å². The van der Waals surface area contributed by atoms with E-state index >= 15 is 0 Å². The molecule has 5 aromatic carbocycles. The third-order valence-electron chi connectivity index (χ3n) is 7.52. The first kappa shape index (κ1) is 31.4. The average Bonchev–Trinajstić information content (AvgIpc) is 3.03. The number of urea groups is 1. The summed E-state index contributed by atoms with van der Waals surface area (Å²) in [5.74, 6) is -0.619. The molecule has 0 aliphatic carbocycles. The number of nitrogens with zero attached hydrogens (tertiary/aromatic N) is 1. The van der Waals surface area contributed by atoms with Gasteiger partial charge in [-0.05, 0) is 83.9 Å². The first-order chi connectivity index (χ1) is 22.2. The second-order valence-corrected chi connectivity index (χ2v) is 12.3. The Morgan fingerprint density at radius 3 is 2.41 bits per heavy atom. The van der Waals surface area contributed by atoms with Crippen LogP contribution < -0.4 is 19.7 Å². The van der Waals surface area contributed by atoms with Gasteiger partial charge in [0.05, 0.1) is 5.69 Å². The SMILES string of the molecule is Cc1ccc2ccccc2c1COc1ccc(Br)cc1/C=C1\C(=O)NC(=O)N(c2ccc(OCc3ccc(Cl)cc3Cl)cc2)C1=O. The van der Waals surface area contributed by atoms with E-state index in [1.165, 1.54) is 6.08 Å². The lowest BCUT2D eigenvalue weighted by atomic mass is 10.0. The van der Waals surface area contributed by atoms with Crippen molar-refractivity contribution in [3.05, 3.63) is 139 Å². The van der Waals surface area contributed by atoms with E-state index < -0.39 is 17.8 Å². The van der Waals surface area contributed by atoms with Gasteiger partial charge in [0, 0.05) is 31.2 Å². The van der Waals surface area contributed by atoms with E-state index in [-0.39, 0.29) is 24.5 Å². The Hall–Kier alpha value is -4.63. The van der Waals surface area contributed by atoms with Gasteiger partial charge < -0.3 is 9.47 Å². The number of nitrogens with one attached hydrogen (secondary N) is 1. The van der Waals surface area contributed by atoms with Crippen LogP contribution in [0.25, 0.3) is 16.8 Å². The summed E-state index contributed by atoms with van der Waals surface area (Å²) < 4.78 is 12.8. The van der Waals surface area contributed by atoms with Crippen LogP contribution in [0.1, 0.15) is 22.3 Å². The lowest BCUT2D eigenvalue weighted by molar-refractivity contribution is -0.122. The maximum atomic E-state index is 13.6. The summed E-state index contributed by atoms with van der Waals surface area (Å²) in [5, 5.41) is 5.46. The van der Waals surface area contributed by atoms with Crippen LogP contribution >= 0.6 is 39.1 Å². The molecule has 6 rings (SSSR count). The Kier molecular flexibility index (Phi) is 9.12. The zero-order valence-electron chi connectivity index (χ0n) is 24.4. The van der Waals surface area contributed by atoms with E-state index in [0.717, 1.165) is 36.8 Å². The quantitative estimate of drug-likeness (QED) is 0.128. The highest BCUT2D eigenvalue weighted by Gasteiger charge is 2.37. The molecule has 1 heterocycles. The first-order valence-electron chi connectivity index (χ1n) is 14.2. The lowest BCUT2D eigenvalue weighted by Crippen LogP contribution is -2.54. The van der Waals surface area contributed by atoms with Crippen molar-refractivity contribution in [3.8, 4) is 11.5 Å². The monoisotopic (exact) mass is 714 g/mol. The van der Waals surface area contributed by atoms with Crippen molar-refractivity contribution in [2.24, 2.45) is 0 Å². The van der Waals surface area contributed by atoms with Crippen LogP contribution in [0.5, 0.6) is 11.5 Å². The third kappa shape index (κ3) is 6.65. The van der Waals surface area contributed by atoms with Gasteiger partial charge in [0.2, 0.25) is 0 Å². The molecule has 0 unspecified atom stereocenters. The highest BCUT2D eigenvalue weighted by atomic mass is 79.9. The van der Waals surface area contributed by atoms with Crippen molar-refractivity contribution in [2.45, 2.75) is 20.1 Å². The zero-order valence-corrected chi connectivity index (χ0v) is 27.4. The fourth-order valence-electron chi connectivity index (χ4n) is 5.09. The number of hydrogen-bond acceptors (Lipinski definition) is 5. The molecule has 1 aliphatic heterocycles. The summed E-state index contributed by atoms with van der Waals surface area (Å²) in [6.07, 6.45) is 1.43. The van der Waals surface area contributed by atoms with Gasteiger partial charge >= 0.3 is 6.03 Å². The number of ether oxygens (including phenoxy) is 2. The van der Waals surface area contributed by atoms with Crippen LogP contribution in [-0.4, -0.2) is 17.8 Å². The Labute approximate surface area is 283 Å². The van der Waals surface area contributed by atoms with Crippen LogP contribution in [0.15, 0.2) is 107 Å². The highest BCUT2D eigenvalue weighted by Crippen LogP contribution is 2.31. The molecule has 1 fully saturated rings. The Morgan fingerprint density at radius 2 is 1.63 bits per heavy atom. The summed E-state index contributed by atoms with van der Waals surface area (Å²) in [6, 6.07) is 28.2. The van der Waals surface area contributed by atoms with Gasteiger partial charge in [0.1, 0.15) is 30.3 Å². The molecule has 0 radical (unpaired) electrons. The molecule has 7 nitrogen and oxygen atoms in total. The number of halogens is 3. The molecule has 1 aliphatic rings. The molecular formula is C36H25BrCl2N2O5. The predicted octanol–water partition coefficient (Wildman–Crippen LogP) is 9.04. The van der Waals surface area contributed by atoms with E-state index in [0.29, 0.717) is 27.1 Å². The molecule has 0 atom stereocenters. The number of hydrogen-bond donors (Lipinski definition) is 1. The van der Waals surface area contributed by atoms with Gasteiger partial charge in [-0.15, -0.1) is 0 Å². The van der Waals surface area contributed by atoms with Crippen molar-refractivity contribution in [1.82, 2.24) is 5.32 Å². The number of amides is 4. The minimum absolute atomic E-state index is 0.191. The van der Waals surface area contributed by atoms with E-state index in [2.05, 4.69) is 39.4 Å². The van der Waals surface area contributed by atoms with E-state index in [1.807, 2.05) is 31.2 Å². The second-order valence-electron chi connectivity index (χ2n) is 10.5. The number of benzene rings is 5. The standard InChI is InChI=1S/C36H25BrCl2N2O5/c1-21-6-7-22-4-2-3-5-29(22)31(21)20-46-33-15-9-25(37)16-24(33)17-30-34(42)40-36(44)41(35(30)43)27-11-13-28(14-12-27)45-19-23-8-10-26(38)18-32(23)39/h2-18H,19-20H2,1H3,(H,40,42,44)/b30-17+. The lowest BCUT2D eigenvalue weighted by Gasteiger charge is -2.26. The number of fused-ring (bicyclic) bond motifs is 1. The normalized spacial score (nSPS) is 14.1. The maximum absolute atomic E-state index is 13.6. The molecule has 1 saturated heterocycles. The molecule has 5 aromatic rings. The van der Waals surface area contributed by atoms with Gasteiger partial charge in [0.15, 0.2) is 0 Å². The average molecular weight is 716 g/mol. The molecule has 0 saturated carbocycles. The summed E-state index contributed by atoms with van der Waals surface area (Å²) >= 11 is 15.7. The van der Waals surface area contributed by atoms with Gasteiger partial charge in [0.25, 0.3) is 11.8 Å². The fourth-order valence-corrected chi connectivity index (χ4v) is 5.93. The number of carbonyl (C=O) groups excluding carboxylic acids is 3. The largest absolute Gasteiger partial charge is 0.489 e. The summed E-state index contributed by atoms with van der Waals surface area (Å²) in [6.45, 7) is 2.49.